The van der Waals surface area contributed by atoms with E-state index >= 15 is 0 Å². The smallest absolute Gasteiger partial charge is 0.343 e. The Bertz CT molecular complexity index is 906. The zero-order valence-corrected chi connectivity index (χ0v) is 16.9. The van der Waals surface area contributed by atoms with E-state index in [0.717, 1.165) is 5.69 Å². The van der Waals surface area contributed by atoms with E-state index < -0.39 is 10.9 Å². The molecular weight excluding hydrogens is 398 g/mol. The van der Waals surface area contributed by atoms with Gasteiger partial charge in [-0.05, 0) is 30.6 Å². The Labute approximate surface area is 171 Å². The van der Waals surface area contributed by atoms with Crippen molar-refractivity contribution in [3.05, 3.63) is 45.6 Å². The second-order valence-electron chi connectivity index (χ2n) is 6.44. The molecule has 0 spiro atoms. The fourth-order valence-electron chi connectivity index (χ4n) is 3.07. The number of nitro benzene ring substituents is 1. The molecule has 0 atom stereocenters. The van der Waals surface area contributed by atoms with Crippen molar-refractivity contribution in [1.29, 1.82) is 0 Å². The molecule has 29 heavy (non-hydrogen) atoms. The zero-order chi connectivity index (χ0) is 21.0. The lowest BCUT2D eigenvalue weighted by molar-refractivity contribution is -0.384. The first-order chi connectivity index (χ1) is 13.9. The maximum Gasteiger partial charge on any atom is 0.343 e. The molecule has 1 saturated heterocycles. The first-order valence-electron chi connectivity index (χ1n) is 8.99. The SMILES string of the molecule is CNc1snc(C)c1C(=O)OCC(=O)N1CCN(c2ccc([N+](=O)[O-])cc2)CC1. The van der Waals surface area contributed by atoms with Crippen LogP contribution < -0.4 is 10.2 Å². The lowest BCUT2D eigenvalue weighted by Gasteiger charge is -2.36. The van der Waals surface area contributed by atoms with E-state index in [0.29, 0.717) is 42.4 Å². The lowest BCUT2D eigenvalue weighted by atomic mass is 10.2. The maximum atomic E-state index is 12.4. The van der Waals surface area contributed by atoms with Gasteiger partial charge in [0.25, 0.3) is 11.6 Å². The first kappa shape index (κ1) is 20.5. The van der Waals surface area contributed by atoms with Crippen molar-refractivity contribution in [2.75, 3.05) is 50.1 Å². The van der Waals surface area contributed by atoms with Crippen LogP contribution >= 0.6 is 11.5 Å². The summed E-state index contributed by atoms with van der Waals surface area (Å²) in [5.41, 5.74) is 1.83. The summed E-state index contributed by atoms with van der Waals surface area (Å²) in [7, 11) is 1.69. The number of nitro groups is 1. The molecule has 1 N–H and O–H groups in total. The molecule has 0 radical (unpaired) electrons. The molecule has 2 heterocycles. The van der Waals surface area contributed by atoms with Gasteiger partial charge in [-0.25, -0.2) is 4.79 Å². The summed E-state index contributed by atoms with van der Waals surface area (Å²) in [5.74, 6) is -0.827. The van der Waals surface area contributed by atoms with Gasteiger partial charge in [0, 0.05) is 51.0 Å². The molecule has 2 aromatic rings. The van der Waals surface area contributed by atoms with Gasteiger partial charge in [-0.2, -0.15) is 4.37 Å². The van der Waals surface area contributed by atoms with Gasteiger partial charge in [-0.1, -0.05) is 0 Å². The largest absolute Gasteiger partial charge is 0.452 e. The average Bonchev–Trinajstić information content (AvgIpc) is 3.12. The van der Waals surface area contributed by atoms with Gasteiger partial charge in [0.15, 0.2) is 6.61 Å². The Morgan fingerprint density at radius 1 is 1.24 bits per heavy atom. The molecule has 11 heteroatoms. The summed E-state index contributed by atoms with van der Waals surface area (Å²) < 4.78 is 9.31. The number of rotatable bonds is 6. The number of hydrogen-bond donors (Lipinski definition) is 1. The molecule has 0 unspecified atom stereocenters. The minimum absolute atomic E-state index is 0.0434. The Balaban J connectivity index is 1.50. The fraction of sp³-hybridized carbons (Fsp3) is 0.389. The number of hydrogen-bond acceptors (Lipinski definition) is 9. The van der Waals surface area contributed by atoms with Crippen molar-refractivity contribution in [3.8, 4) is 0 Å². The Morgan fingerprint density at radius 3 is 2.48 bits per heavy atom. The third-order valence-corrected chi connectivity index (χ3v) is 5.63. The average molecular weight is 419 g/mol. The highest BCUT2D eigenvalue weighted by Crippen LogP contribution is 2.25. The highest BCUT2D eigenvalue weighted by molar-refractivity contribution is 7.10. The summed E-state index contributed by atoms with van der Waals surface area (Å²) >= 11 is 1.17. The third-order valence-electron chi connectivity index (χ3n) is 4.68. The van der Waals surface area contributed by atoms with Crippen molar-refractivity contribution < 1.29 is 19.2 Å². The van der Waals surface area contributed by atoms with Gasteiger partial charge in [0.05, 0.1) is 10.6 Å². The van der Waals surface area contributed by atoms with Gasteiger partial charge >= 0.3 is 5.97 Å². The van der Waals surface area contributed by atoms with Gasteiger partial charge in [-0.3, -0.25) is 14.9 Å². The lowest BCUT2D eigenvalue weighted by Crippen LogP contribution is -2.49. The van der Waals surface area contributed by atoms with Crippen LogP contribution in [0.3, 0.4) is 0 Å². The van der Waals surface area contributed by atoms with E-state index in [4.69, 9.17) is 4.74 Å². The van der Waals surface area contributed by atoms with Crippen LogP contribution in [0.15, 0.2) is 24.3 Å². The molecule has 0 saturated carbocycles. The second kappa shape index (κ2) is 8.86. The Hall–Kier alpha value is -3.21. The number of aromatic nitrogens is 1. The first-order valence-corrected chi connectivity index (χ1v) is 9.76. The van der Waals surface area contributed by atoms with Crippen LogP contribution in [0.1, 0.15) is 16.1 Å². The van der Waals surface area contributed by atoms with Crippen molar-refractivity contribution >= 4 is 39.8 Å². The number of piperazine rings is 1. The molecule has 1 amide bonds. The highest BCUT2D eigenvalue weighted by atomic mass is 32.1. The van der Waals surface area contributed by atoms with Crippen LogP contribution in [0.2, 0.25) is 0 Å². The number of anilines is 2. The number of nitrogens with zero attached hydrogens (tertiary/aromatic N) is 4. The zero-order valence-electron chi connectivity index (χ0n) is 16.1. The number of esters is 1. The molecule has 10 nitrogen and oxygen atoms in total. The number of carbonyl (C=O) groups excluding carboxylic acids is 2. The number of amides is 1. The van der Waals surface area contributed by atoms with E-state index in [1.807, 2.05) is 0 Å². The number of benzene rings is 1. The third kappa shape index (κ3) is 4.62. The number of carbonyl (C=O) groups is 2. The topological polar surface area (TPSA) is 118 Å². The molecule has 3 rings (SSSR count). The summed E-state index contributed by atoms with van der Waals surface area (Å²) in [6.45, 7) is 3.54. The van der Waals surface area contributed by atoms with Crippen LogP contribution in [0.25, 0.3) is 0 Å². The number of non-ortho nitro benzene ring substituents is 1. The number of nitrogens with one attached hydrogen (secondary N) is 1. The standard InChI is InChI=1S/C18H21N5O5S/c1-12-16(17(19-2)29-20-12)18(25)28-11-15(24)22-9-7-21(8-10-22)13-3-5-14(6-4-13)23(26)27/h3-6,19H,7-11H2,1-2H3. The minimum Gasteiger partial charge on any atom is -0.452 e. The Morgan fingerprint density at radius 2 is 1.90 bits per heavy atom. The van der Waals surface area contributed by atoms with Gasteiger partial charge < -0.3 is 19.9 Å². The van der Waals surface area contributed by atoms with Crippen LogP contribution in [0, 0.1) is 17.0 Å². The van der Waals surface area contributed by atoms with Gasteiger partial charge in [0.2, 0.25) is 0 Å². The Kier molecular flexibility index (Phi) is 6.27. The summed E-state index contributed by atoms with van der Waals surface area (Å²) in [6.07, 6.45) is 0. The van der Waals surface area contributed by atoms with Crippen molar-refractivity contribution in [1.82, 2.24) is 9.27 Å². The van der Waals surface area contributed by atoms with Crippen molar-refractivity contribution in [2.45, 2.75) is 6.92 Å². The van der Waals surface area contributed by atoms with Gasteiger partial charge in [0.1, 0.15) is 10.6 Å². The van der Waals surface area contributed by atoms with E-state index in [1.54, 1.807) is 31.0 Å². The number of ether oxygens (including phenoxy) is 1. The molecule has 1 aliphatic heterocycles. The predicted molar refractivity (Wildman–Crippen MR) is 109 cm³/mol. The normalized spacial score (nSPS) is 13.9. The quantitative estimate of drug-likeness (QED) is 0.429. The second-order valence-corrected chi connectivity index (χ2v) is 7.21. The molecule has 0 aliphatic carbocycles. The van der Waals surface area contributed by atoms with Crippen LogP contribution in [-0.4, -0.2) is 65.9 Å². The number of aryl methyl sites for hydroxylation is 1. The van der Waals surface area contributed by atoms with Crippen LogP contribution in [0.4, 0.5) is 16.4 Å². The van der Waals surface area contributed by atoms with Gasteiger partial charge in [-0.15, -0.1) is 0 Å². The van der Waals surface area contributed by atoms with E-state index in [1.165, 1.54) is 23.7 Å². The summed E-state index contributed by atoms with van der Waals surface area (Å²) in [4.78, 5) is 38.7. The van der Waals surface area contributed by atoms with Crippen LogP contribution in [-0.2, 0) is 9.53 Å². The monoisotopic (exact) mass is 419 g/mol. The van der Waals surface area contributed by atoms with E-state index in [-0.39, 0.29) is 18.2 Å². The van der Waals surface area contributed by atoms with Crippen molar-refractivity contribution in [2.24, 2.45) is 0 Å². The van der Waals surface area contributed by atoms with Crippen molar-refractivity contribution in [3.63, 3.8) is 0 Å². The molecule has 1 aromatic heterocycles. The summed E-state index contributed by atoms with van der Waals surface area (Å²) in [5, 5.41) is 14.3. The molecular formula is C18H21N5O5S. The summed E-state index contributed by atoms with van der Waals surface area (Å²) in [6, 6.07) is 6.34. The highest BCUT2D eigenvalue weighted by Gasteiger charge is 2.24. The van der Waals surface area contributed by atoms with E-state index in [2.05, 4.69) is 14.6 Å². The molecule has 1 aromatic carbocycles. The molecule has 0 bridgehead atoms. The molecule has 154 valence electrons. The van der Waals surface area contributed by atoms with Crippen LogP contribution in [0.5, 0.6) is 0 Å². The predicted octanol–water partition coefficient (Wildman–Crippen LogP) is 1.91. The minimum atomic E-state index is -0.571. The van der Waals surface area contributed by atoms with E-state index in [9.17, 15) is 19.7 Å². The maximum absolute atomic E-state index is 12.4. The molecule has 1 fully saturated rings. The fourth-order valence-corrected chi connectivity index (χ4v) is 3.80. The molecule has 1 aliphatic rings.